The Kier molecular flexibility index (Phi) is 2.41. The van der Waals surface area contributed by atoms with Crippen molar-refractivity contribution in [1.29, 1.82) is 5.41 Å². The van der Waals surface area contributed by atoms with Gasteiger partial charge in [0, 0.05) is 18.7 Å². The lowest BCUT2D eigenvalue weighted by atomic mass is 10.1. The third kappa shape index (κ3) is 1.44. The van der Waals surface area contributed by atoms with Crippen LogP contribution < -0.4 is 0 Å². The zero-order valence-corrected chi connectivity index (χ0v) is 9.70. The maximum atomic E-state index is 10.1. The standard InChI is InChI=1S/C12H14N2OS/c13-12-14(5-6-16-12)11-9-4-2-1-3-8(9)7-10(11)15/h1-4,10-11,13,15H,5-7H2. The van der Waals surface area contributed by atoms with Crippen molar-refractivity contribution >= 4 is 16.9 Å². The minimum Gasteiger partial charge on any atom is -0.390 e. The van der Waals surface area contributed by atoms with Gasteiger partial charge in [-0.25, -0.2) is 0 Å². The smallest absolute Gasteiger partial charge is 0.157 e. The van der Waals surface area contributed by atoms with E-state index in [1.807, 2.05) is 17.0 Å². The first-order chi connectivity index (χ1) is 7.77. The number of nitrogens with zero attached hydrogens (tertiary/aromatic N) is 1. The second kappa shape index (κ2) is 3.79. The molecular formula is C12H14N2OS. The van der Waals surface area contributed by atoms with E-state index in [4.69, 9.17) is 5.41 Å². The fourth-order valence-corrected chi connectivity index (χ4v) is 3.47. The molecule has 84 valence electrons. The van der Waals surface area contributed by atoms with Crippen molar-refractivity contribution in [3.8, 4) is 0 Å². The lowest BCUT2D eigenvalue weighted by Gasteiger charge is -2.28. The van der Waals surface area contributed by atoms with Gasteiger partial charge >= 0.3 is 0 Å². The summed E-state index contributed by atoms with van der Waals surface area (Å²) < 4.78 is 0. The van der Waals surface area contributed by atoms with Crippen LogP contribution in [-0.2, 0) is 6.42 Å². The molecule has 1 aliphatic carbocycles. The van der Waals surface area contributed by atoms with Crippen molar-refractivity contribution in [3.05, 3.63) is 35.4 Å². The van der Waals surface area contributed by atoms with E-state index in [0.717, 1.165) is 18.7 Å². The quantitative estimate of drug-likeness (QED) is 0.776. The molecule has 0 bridgehead atoms. The molecule has 1 aliphatic heterocycles. The van der Waals surface area contributed by atoms with E-state index in [-0.39, 0.29) is 12.1 Å². The molecule has 1 heterocycles. The molecule has 0 spiro atoms. The monoisotopic (exact) mass is 234 g/mol. The SMILES string of the molecule is N=C1SCCN1C1c2ccccc2CC1O. The first kappa shape index (κ1) is 10.2. The number of fused-ring (bicyclic) bond motifs is 1. The Morgan fingerprint density at radius 3 is 2.94 bits per heavy atom. The highest BCUT2D eigenvalue weighted by Crippen LogP contribution is 2.38. The number of benzene rings is 1. The van der Waals surface area contributed by atoms with E-state index in [0.29, 0.717) is 5.17 Å². The number of amidine groups is 1. The Labute approximate surface area is 99.0 Å². The summed E-state index contributed by atoms with van der Waals surface area (Å²) in [5, 5.41) is 18.6. The molecule has 1 aromatic rings. The van der Waals surface area contributed by atoms with E-state index in [1.54, 1.807) is 11.8 Å². The molecule has 2 N–H and O–H groups in total. The fraction of sp³-hybridized carbons (Fsp3) is 0.417. The maximum Gasteiger partial charge on any atom is 0.157 e. The minimum atomic E-state index is -0.364. The normalized spacial score (nSPS) is 28.6. The summed E-state index contributed by atoms with van der Waals surface area (Å²) in [4.78, 5) is 2.03. The topological polar surface area (TPSA) is 47.3 Å². The lowest BCUT2D eigenvalue weighted by molar-refractivity contribution is 0.103. The second-order valence-electron chi connectivity index (χ2n) is 4.26. The molecule has 16 heavy (non-hydrogen) atoms. The average molecular weight is 234 g/mol. The van der Waals surface area contributed by atoms with Gasteiger partial charge in [-0.3, -0.25) is 5.41 Å². The number of hydrogen-bond acceptors (Lipinski definition) is 3. The largest absolute Gasteiger partial charge is 0.390 e. The van der Waals surface area contributed by atoms with Crippen molar-refractivity contribution in [3.63, 3.8) is 0 Å². The molecule has 0 saturated carbocycles. The summed E-state index contributed by atoms with van der Waals surface area (Å²) in [6.07, 6.45) is 0.353. The molecule has 4 heteroatoms. The van der Waals surface area contributed by atoms with Crippen LogP contribution in [0.2, 0.25) is 0 Å². The zero-order valence-electron chi connectivity index (χ0n) is 8.89. The number of hydrogen-bond donors (Lipinski definition) is 2. The Hall–Kier alpha value is -1.00. The van der Waals surface area contributed by atoms with Gasteiger partial charge in [0.1, 0.15) is 0 Å². The van der Waals surface area contributed by atoms with Crippen LogP contribution in [0.15, 0.2) is 24.3 Å². The maximum absolute atomic E-state index is 10.1. The summed E-state index contributed by atoms with van der Waals surface area (Å²) >= 11 is 1.57. The number of aliphatic hydroxyl groups is 1. The zero-order chi connectivity index (χ0) is 11.1. The summed E-state index contributed by atoms with van der Waals surface area (Å²) in [6, 6.07) is 8.17. The molecule has 3 nitrogen and oxygen atoms in total. The van der Waals surface area contributed by atoms with Crippen LogP contribution in [0.5, 0.6) is 0 Å². The molecule has 0 aromatic heterocycles. The first-order valence-corrected chi connectivity index (χ1v) is 6.50. The molecule has 1 saturated heterocycles. The van der Waals surface area contributed by atoms with E-state index >= 15 is 0 Å². The molecule has 0 amide bonds. The highest BCUT2D eigenvalue weighted by Gasteiger charge is 2.38. The molecule has 2 unspecified atom stereocenters. The van der Waals surface area contributed by atoms with Crippen molar-refractivity contribution in [2.45, 2.75) is 18.6 Å². The lowest BCUT2D eigenvalue weighted by Crippen LogP contribution is -2.34. The van der Waals surface area contributed by atoms with Crippen LogP contribution in [0, 0.1) is 5.41 Å². The van der Waals surface area contributed by atoms with Gasteiger partial charge in [-0.2, -0.15) is 0 Å². The van der Waals surface area contributed by atoms with Crippen LogP contribution in [0.1, 0.15) is 17.2 Å². The Morgan fingerprint density at radius 1 is 1.38 bits per heavy atom. The molecule has 3 rings (SSSR count). The Balaban J connectivity index is 1.98. The van der Waals surface area contributed by atoms with E-state index in [2.05, 4.69) is 12.1 Å². The van der Waals surface area contributed by atoms with Gasteiger partial charge in [-0.05, 0) is 11.1 Å². The summed E-state index contributed by atoms with van der Waals surface area (Å²) in [6.45, 7) is 0.875. The van der Waals surface area contributed by atoms with Gasteiger partial charge < -0.3 is 10.0 Å². The van der Waals surface area contributed by atoms with Crippen LogP contribution in [0.3, 0.4) is 0 Å². The number of rotatable bonds is 1. The van der Waals surface area contributed by atoms with E-state index in [1.165, 1.54) is 11.1 Å². The van der Waals surface area contributed by atoms with Crippen molar-refractivity contribution in [2.24, 2.45) is 0 Å². The first-order valence-electron chi connectivity index (χ1n) is 5.51. The molecule has 2 atom stereocenters. The van der Waals surface area contributed by atoms with Gasteiger partial charge in [0.2, 0.25) is 0 Å². The van der Waals surface area contributed by atoms with Crippen LogP contribution in [0.4, 0.5) is 0 Å². The summed E-state index contributed by atoms with van der Waals surface area (Å²) in [7, 11) is 0. The van der Waals surface area contributed by atoms with Gasteiger partial charge in [-0.15, -0.1) is 0 Å². The third-order valence-corrected chi connectivity index (χ3v) is 4.23. The molecule has 1 aromatic carbocycles. The predicted octanol–water partition coefficient (Wildman–Crippen LogP) is 1.63. The van der Waals surface area contributed by atoms with E-state index in [9.17, 15) is 5.11 Å². The van der Waals surface area contributed by atoms with Gasteiger partial charge in [-0.1, -0.05) is 36.0 Å². The van der Waals surface area contributed by atoms with Crippen LogP contribution >= 0.6 is 11.8 Å². The molecule has 0 radical (unpaired) electrons. The fourth-order valence-electron chi connectivity index (χ4n) is 2.62. The molecular weight excluding hydrogens is 220 g/mol. The predicted molar refractivity (Wildman–Crippen MR) is 65.8 cm³/mol. The van der Waals surface area contributed by atoms with Crippen LogP contribution in [-0.4, -0.2) is 33.6 Å². The molecule has 2 aliphatic rings. The number of thioether (sulfide) groups is 1. The third-order valence-electron chi connectivity index (χ3n) is 3.33. The average Bonchev–Trinajstić information content (AvgIpc) is 2.81. The van der Waals surface area contributed by atoms with Crippen molar-refractivity contribution in [2.75, 3.05) is 12.3 Å². The number of aliphatic hydroxyl groups excluding tert-OH is 1. The number of nitrogens with one attached hydrogen (secondary N) is 1. The summed E-state index contributed by atoms with van der Waals surface area (Å²) in [5.74, 6) is 0.963. The van der Waals surface area contributed by atoms with Gasteiger partial charge in [0.05, 0.1) is 12.1 Å². The highest BCUT2D eigenvalue weighted by molar-refractivity contribution is 8.14. The highest BCUT2D eigenvalue weighted by atomic mass is 32.2. The van der Waals surface area contributed by atoms with Crippen molar-refractivity contribution in [1.82, 2.24) is 4.90 Å². The van der Waals surface area contributed by atoms with Crippen LogP contribution in [0.25, 0.3) is 0 Å². The Bertz CT molecular complexity index is 435. The van der Waals surface area contributed by atoms with Gasteiger partial charge in [0.15, 0.2) is 5.17 Å². The van der Waals surface area contributed by atoms with Gasteiger partial charge in [0.25, 0.3) is 0 Å². The minimum absolute atomic E-state index is 0.00120. The molecule has 1 fully saturated rings. The van der Waals surface area contributed by atoms with Crippen molar-refractivity contribution < 1.29 is 5.11 Å². The summed E-state index contributed by atoms with van der Waals surface area (Å²) in [5.41, 5.74) is 2.42. The van der Waals surface area contributed by atoms with E-state index < -0.39 is 0 Å². The second-order valence-corrected chi connectivity index (χ2v) is 5.35. The Morgan fingerprint density at radius 2 is 2.19 bits per heavy atom.